The minimum Gasteiger partial charge on any atom is -0.314 e. The van der Waals surface area contributed by atoms with Crippen LogP contribution in [-0.2, 0) is 11.8 Å². The van der Waals surface area contributed by atoms with Crippen LogP contribution >= 0.6 is 11.3 Å². The first-order valence-corrected chi connectivity index (χ1v) is 20.8. The van der Waals surface area contributed by atoms with Gasteiger partial charge in [-0.2, -0.15) is 0 Å². The number of benzene rings is 6. The molecule has 0 radical (unpaired) electrons. The van der Waals surface area contributed by atoms with E-state index in [0.717, 1.165) is 25.7 Å². The van der Waals surface area contributed by atoms with E-state index in [-0.39, 0.29) is 5.41 Å². The van der Waals surface area contributed by atoms with Crippen molar-refractivity contribution in [2.45, 2.75) is 44.9 Å². The third-order valence-electron chi connectivity index (χ3n) is 12.4. The van der Waals surface area contributed by atoms with Crippen LogP contribution in [0, 0.1) is 0 Å². The first kappa shape index (κ1) is 33.2. The third-order valence-corrected chi connectivity index (χ3v) is 13.6. The number of fused-ring (bicyclic) bond motifs is 7. The van der Waals surface area contributed by atoms with Crippen LogP contribution in [0.4, 0.5) is 11.4 Å². The number of anilines is 2. The van der Waals surface area contributed by atoms with Crippen LogP contribution in [0.2, 0.25) is 0 Å². The molecule has 2 aromatic heterocycles. The SMILES string of the molecule is CC1(C)c2ccccc2-c2ccc(N(C3=CC=C(c4cc5ccccc5s4)CC3)c3ccc(-c4ccc5c(c4)c4c(n5-c5ccccc5)CCC=C4)cc3)cc21. The lowest BCUT2D eigenvalue weighted by molar-refractivity contribution is 0.660. The van der Waals surface area contributed by atoms with Crippen molar-refractivity contribution in [2.24, 2.45) is 0 Å². The van der Waals surface area contributed by atoms with E-state index in [1.165, 1.54) is 98.8 Å². The van der Waals surface area contributed by atoms with Gasteiger partial charge in [0.2, 0.25) is 0 Å². The van der Waals surface area contributed by atoms with Gasteiger partial charge in [-0.05, 0) is 137 Å². The largest absolute Gasteiger partial charge is 0.314 e. The number of hydrogen-bond acceptors (Lipinski definition) is 2. The Balaban J connectivity index is 0.995. The molecule has 0 atom stereocenters. The number of para-hydroxylation sites is 1. The third kappa shape index (κ3) is 5.29. The molecule has 6 aromatic carbocycles. The van der Waals surface area contributed by atoms with Gasteiger partial charge in [0.1, 0.15) is 0 Å². The molecule has 0 aliphatic heterocycles. The Morgan fingerprint density at radius 1 is 0.625 bits per heavy atom. The van der Waals surface area contributed by atoms with Gasteiger partial charge < -0.3 is 9.47 Å². The molecule has 3 heteroatoms. The highest BCUT2D eigenvalue weighted by Gasteiger charge is 2.36. The van der Waals surface area contributed by atoms with Gasteiger partial charge >= 0.3 is 0 Å². The molecule has 270 valence electrons. The van der Waals surface area contributed by atoms with Gasteiger partial charge in [-0.1, -0.05) is 117 Å². The molecule has 0 fully saturated rings. The van der Waals surface area contributed by atoms with E-state index in [0.29, 0.717) is 0 Å². The van der Waals surface area contributed by atoms with Gasteiger partial charge in [-0.3, -0.25) is 0 Å². The molecule has 11 rings (SSSR count). The second kappa shape index (κ2) is 13.0. The van der Waals surface area contributed by atoms with Gasteiger partial charge in [-0.15, -0.1) is 11.3 Å². The second-order valence-corrected chi connectivity index (χ2v) is 17.1. The molecule has 0 saturated heterocycles. The molecule has 0 amide bonds. The van der Waals surface area contributed by atoms with Gasteiger partial charge in [0.25, 0.3) is 0 Å². The topological polar surface area (TPSA) is 8.17 Å². The lowest BCUT2D eigenvalue weighted by Gasteiger charge is -2.31. The van der Waals surface area contributed by atoms with Crippen molar-refractivity contribution in [3.8, 4) is 27.9 Å². The van der Waals surface area contributed by atoms with Crippen molar-refractivity contribution in [3.05, 3.63) is 197 Å². The number of allylic oxidation sites excluding steroid dienone is 5. The monoisotopic (exact) mass is 738 g/mol. The molecule has 3 aliphatic carbocycles. The number of aromatic nitrogens is 1. The Bertz CT molecular complexity index is 2900. The number of hydrogen-bond donors (Lipinski definition) is 0. The maximum absolute atomic E-state index is 2.51. The van der Waals surface area contributed by atoms with E-state index < -0.39 is 0 Å². The summed E-state index contributed by atoms with van der Waals surface area (Å²) in [7, 11) is 0. The maximum atomic E-state index is 2.51. The fraction of sp³-hybridized carbons (Fsp3) is 0.132. The summed E-state index contributed by atoms with van der Waals surface area (Å²) in [5.74, 6) is 0. The molecular formula is C53H42N2S. The number of nitrogens with zero attached hydrogens (tertiary/aromatic N) is 2. The normalized spacial score (nSPS) is 15.3. The standard InChI is InChI=1S/C53H42N2S/c1-53(2)47-17-9-7-15-43(47)44-30-29-42(34-48(44)53)54(41-27-22-36(23-28-41)52-33-38-12-6-11-19-51(38)56-52)40-25-20-35(21-26-40)37-24-31-50-46(32-37)45-16-8-10-18-49(45)55(50)39-13-4-3-5-14-39/h3-9,11-17,19-22,24-27,29-34H,10,18,23,28H2,1-2H3. The summed E-state index contributed by atoms with van der Waals surface area (Å²) in [6.07, 6.45) is 13.5. The Morgan fingerprint density at radius 2 is 1.39 bits per heavy atom. The van der Waals surface area contributed by atoms with E-state index >= 15 is 0 Å². The highest BCUT2D eigenvalue weighted by molar-refractivity contribution is 7.20. The lowest BCUT2D eigenvalue weighted by Crippen LogP contribution is -2.20. The van der Waals surface area contributed by atoms with Crippen molar-refractivity contribution in [3.63, 3.8) is 0 Å². The first-order valence-electron chi connectivity index (χ1n) is 19.9. The van der Waals surface area contributed by atoms with Crippen LogP contribution in [0.25, 0.3) is 60.6 Å². The van der Waals surface area contributed by atoms with Crippen molar-refractivity contribution in [1.29, 1.82) is 0 Å². The average molecular weight is 739 g/mol. The summed E-state index contributed by atoms with van der Waals surface area (Å²) in [6.45, 7) is 4.75. The van der Waals surface area contributed by atoms with E-state index in [4.69, 9.17) is 0 Å². The van der Waals surface area contributed by atoms with E-state index in [1.54, 1.807) is 0 Å². The molecule has 8 aromatic rings. The van der Waals surface area contributed by atoms with Gasteiger partial charge in [-0.25, -0.2) is 0 Å². The number of thiophene rings is 1. The Labute approximate surface area is 333 Å². The summed E-state index contributed by atoms with van der Waals surface area (Å²) in [5, 5.41) is 2.65. The lowest BCUT2D eigenvalue weighted by atomic mass is 9.82. The van der Waals surface area contributed by atoms with Crippen LogP contribution in [-0.4, -0.2) is 4.57 Å². The van der Waals surface area contributed by atoms with Crippen molar-refractivity contribution >= 4 is 55.3 Å². The molecule has 0 bridgehead atoms. The molecule has 2 heterocycles. The predicted molar refractivity (Wildman–Crippen MR) is 239 cm³/mol. The van der Waals surface area contributed by atoms with Crippen molar-refractivity contribution in [2.75, 3.05) is 4.90 Å². The van der Waals surface area contributed by atoms with E-state index in [9.17, 15) is 0 Å². The smallest absolute Gasteiger partial charge is 0.0538 e. The van der Waals surface area contributed by atoms with Crippen LogP contribution in [0.3, 0.4) is 0 Å². The highest BCUT2D eigenvalue weighted by Crippen LogP contribution is 2.51. The minimum absolute atomic E-state index is 0.0703. The maximum Gasteiger partial charge on any atom is 0.0538 e. The van der Waals surface area contributed by atoms with Crippen LogP contribution in [0.1, 0.15) is 60.4 Å². The molecule has 0 saturated carbocycles. The Kier molecular flexibility index (Phi) is 7.69. The Hall–Kier alpha value is -6.16. The average Bonchev–Trinajstić information content (AvgIpc) is 3.90. The predicted octanol–water partition coefficient (Wildman–Crippen LogP) is 14.7. The first-order chi connectivity index (χ1) is 27.5. The molecule has 0 unspecified atom stereocenters. The van der Waals surface area contributed by atoms with Crippen molar-refractivity contribution < 1.29 is 0 Å². The highest BCUT2D eigenvalue weighted by atomic mass is 32.1. The molecule has 0 N–H and O–H groups in total. The zero-order chi connectivity index (χ0) is 37.4. The van der Waals surface area contributed by atoms with Gasteiger partial charge in [0.05, 0.1) is 5.52 Å². The molecular weight excluding hydrogens is 697 g/mol. The zero-order valence-electron chi connectivity index (χ0n) is 31.8. The second-order valence-electron chi connectivity index (χ2n) is 16.0. The fourth-order valence-corrected chi connectivity index (χ4v) is 10.7. The summed E-state index contributed by atoms with van der Waals surface area (Å²) < 4.78 is 3.82. The van der Waals surface area contributed by atoms with Crippen molar-refractivity contribution in [1.82, 2.24) is 4.57 Å². The summed E-state index contributed by atoms with van der Waals surface area (Å²) >= 11 is 1.90. The number of rotatable bonds is 6. The molecule has 56 heavy (non-hydrogen) atoms. The fourth-order valence-electron chi connectivity index (χ4n) is 9.55. The summed E-state index contributed by atoms with van der Waals surface area (Å²) in [5.41, 5.74) is 18.3. The quantitative estimate of drug-likeness (QED) is 0.165. The van der Waals surface area contributed by atoms with Crippen LogP contribution < -0.4 is 4.90 Å². The van der Waals surface area contributed by atoms with E-state index in [2.05, 4.69) is 193 Å². The van der Waals surface area contributed by atoms with Crippen LogP contribution in [0.15, 0.2) is 170 Å². The Morgan fingerprint density at radius 3 is 2.23 bits per heavy atom. The van der Waals surface area contributed by atoms with Gasteiger partial charge in [0.15, 0.2) is 0 Å². The molecule has 2 nitrogen and oxygen atoms in total. The van der Waals surface area contributed by atoms with E-state index in [1.807, 2.05) is 11.3 Å². The summed E-state index contributed by atoms with van der Waals surface area (Å²) in [4.78, 5) is 3.88. The minimum atomic E-state index is -0.0703. The zero-order valence-corrected chi connectivity index (χ0v) is 32.6. The molecule has 3 aliphatic rings. The molecule has 0 spiro atoms. The van der Waals surface area contributed by atoms with Gasteiger partial charge in [0, 0.05) is 54.4 Å². The van der Waals surface area contributed by atoms with Crippen LogP contribution in [0.5, 0.6) is 0 Å². The summed E-state index contributed by atoms with van der Waals surface area (Å²) in [6, 6.07) is 54.3.